The van der Waals surface area contributed by atoms with E-state index in [1.165, 1.54) is 54.6 Å². The fourth-order valence-electron chi connectivity index (χ4n) is 2.44. The summed E-state index contributed by atoms with van der Waals surface area (Å²) in [7, 11) is -3.76. The standard InChI is InChI=1S/C20H15Cl3N4O5S/c21-12-1-5-18(6-2-12)33(30,31)25-11-17-4-3-16(32-17)10-24-27-20(29)19(28)26-15-8-13(22)7-14(23)9-15/h1-10,25H,11H2,(H,26,28)(H,27,29)/b24-10+. The monoisotopic (exact) mass is 528 g/mol. The van der Waals surface area contributed by atoms with E-state index in [1.54, 1.807) is 0 Å². The summed E-state index contributed by atoms with van der Waals surface area (Å²) in [4.78, 5) is 23.8. The Morgan fingerprint density at radius 3 is 2.24 bits per heavy atom. The number of carbonyl (C=O) groups excluding carboxylic acids is 2. The normalized spacial score (nSPS) is 11.5. The molecule has 0 saturated carbocycles. The van der Waals surface area contributed by atoms with Gasteiger partial charge in [0.05, 0.1) is 17.7 Å². The molecule has 3 rings (SSSR count). The van der Waals surface area contributed by atoms with Gasteiger partial charge in [-0.1, -0.05) is 34.8 Å². The van der Waals surface area contributed by atoms with Crippen LogP contribution in [0.1, 0.15) is 11.5 Å². The van der Waals surface area contributed by atoms with Gasteiger partial charge in [-0.25, -0.2) is 18.6 Å². The minimum Gasteiger partial charge on any atom is -0.459 e. The first-order valence-electron chi connectivity index (χ1n) is 9.07. The number of anilines is 1. The number of benzene rings is 2. The molecule has 0 saturated heterocycles. The Morgan fingerprint density at radius 2 is 1.58 bits per heavy atom. The first-order valence-corrected chi connectivity index (χ1v) is 11.7. The lowest BCUT2D eigenvalue weighted by molar-refractivity contribution is -0.136. The van der Waals surface area contributed by atoms with Crippen molar-refractivity contribution >= 4 is 68.5 Å². The van der Waals surface area contributed by atoms with Gasteiger partial charge in [0.1, 0.15) is 11.5 Å². The maximum absolute atomic E-state index is 12.3. The highest BCUT2D eigenvalue weighted by atomic mass is 35.5. The van der Waals surface area contributed by atoms with E-state index in [0.717, 1.165) is 6.21 Å². The molecule has 0 unspecified atom stereocenters. The molecule has 1 heterocycles. The molecule has 0 atom stereocenters. The Morgan fingerprint density at radius 1 is 0.909 bits per heavy atom. The molecule has 9 nitrogen and oxygen atoms in total. The van der Waals surface area contributed by atoms with Gasteiger partial charge in [-0.05, 0) is 54.6 Å². The second-order valence-electron chi connectivity index (χ2n) is 6.39. The lowest BCUT2D eigenvalue weighted by Gasteiger charge is -2.05. The molecule has 0 aliphatic rings. The van der Waals surface area contributed by atoms with Crippen LogP contribution in [0.2, 0.25) is 15.1 Å². The van der Waals surface area contributed by atoms with Gasteiger partial charge in [0, 0.05) is 20.8 Å². The summed E-state index contributed by atoms with van der Waals surface area (Å²) in [5, 5.41) is 6.97. The number of hydrogen-bond acceptors (Lipinski definition) is 6. The molecule has 172 valence electrons. The molecule has 0 radical (unpaired) electrons. The Kier molecular flexibility index (Phi) is 8.11. The number of rotatable bonds is 7. The second kappa shape index (κ2) is 10.8. The molecule has 0 fully saturated rings. The van der Waals surface area contributed by atoms with E-state index in [-0.39, 0.29) is 22.9 Å². The van der Waals surface area contributed by atoms with Crippen molar-refractivity contribution < 1.29 is 22.4 Å². The van der Waals surface area contributed by atoms with Gasteiger partial charge in [-0.3, -0.25) is 9.59 Å². The lowest BCUT2D eigenvalue weighted by Crippen LogP contribution is -2.32. The van der Waals surface area contributed by atoms with E-state index in [9.17, 15) is 18.0 Å². The molecule has 1 aromatic heterocycles. The number of furan rings is 1. The number of sulfonamides is 1. The van der Waals surface area contributed by atoms with Gasteiger partial charge in [-0.2, -0.15) is 5.10 Å². The van der Waals surface area contributed by atoms with Crippen LogP contribution in [0.3, 0.4) is 0 Å². The highest BCUT2D eigenvalue weighted by Gasteiger charge is 2.15. The van der Waals surface area contributed by atoms with Gasteiger partial charge in [0.25, 0.3) is 0 Å². The largest absolute Gasteiger partial charge is 0.459 e. The predicted octanol–water partition coefficient (Wildman–Crippen LogP) is 3.81. The molecule has 3 N–H and O–H groups in total. The average molecular weight is 530 g/mol. The van der Waals surface area contributed by atoms with Crippen LogP contribution in [-0.2, 0) is 26.2 Å². The Bertz CT molecular complexity index is 1290. The Labute approximate surface area is 203 Å². The number of halogens is 3. The van der Waals surface area contributed by atoms with Crippen LogP contribution in [-0.4, -0.2) is 26.4 Å². The maximum Gasteiger partial charge on any atom is 0.329 e. The number of amides is 2. The van der Waals surface area contributed by atoms with Crippen molar-refractivity contribution in [3.63, 3.8) is 0 Å². The van der Waals surface area contributed by atoms with E-state index in [2.05, 4.69) is 15.1 Å². The summed E-state index contributed by atoms with van der Waals surface area (Å²) in [5.41, 5.74) is 2.29. The van der Waals surface area contributed by atoms with Crippen molar-refractivity contribution in [2.24, 2.45) is 5.10 Å². The van der Waals surface area contributed by atoms with E-state index in [4.69, 9.17) is 39.2 Å². The molecule has 2 aromatic carbocycles. The topological polar surface area (TPSA) is 130 Å². The van der Waals surface area contributed by atoms with Crippen LogP contribution >= 0.6 is 34.8 Å². The molecule has 0 aliphatic carbocycles. The summed E-state index contributed by atoms with van der Waals surface area (Å²) < 4.78 is 32.4. The zero-order chi connectivity index (χ0) is 24.0. The van der Waals surface area contributed by atoms with Crippen molar-refractivity contribution in [1.82, 2.24) is 10.1 Å². The molecule has 0 bridgehead atoms. The summed E-state index contributed by atoms with van der Waals surface area (Å²) in [6.45, 7) is -0.115. The van der Waals surface area contributed by atoms with Crippen LogP contribution < -0.4 is 15.5 Å². The minimum absolute atomic E-state index is 0.0567. The van der Waals surface area contributed by atoms with Crippen molar-refractivity contribution in [1.29, 1.82) is 0 Å². The Balaban J connectivity index is 1.51. The first kappa shape index (κ1) is 24.7. The summed E-state index contributed by atoms with van der Waals surface area (Å²) >= 11 is 17.4. The average Bonchev–Trinajstić information content (AvgIpc) is 3.19. The van der Waals surface area contributed by atoms with E-state index >= 15 is 0 Å². The van der Waals surface area contributed by atoms with Crippen LogP contribution in [0.4, 0.5) is 5.69 Å². The Hall–Kier alpha value is -2.89. The molecule has 33 heavy (non-hydrogen) atoms. The van der Waals surface area contributed by atoms with E-state index < -0.39 is 21.8 Å². The quantitative estimate of drug-likeness (QED) is 0.243. The number of nitrogens with one attached hydrogen (secondary N) is 3. The lowest BCUT2D eigenvalue weighted by atomic mass is 10.3. The highest BCUT2D eigenvalue weighted by molar-refractivity contribution is 7.89. The van der Waals surface area contributed by atoms with Gasteiger partial charge >= 0.3 is 11.8 Å². The van der Waals surface area contributed by atoms with Crippen molar-refractivity contribution in [3.8, 4) is 0 Å². The molecule has 0 aliphatic heterocycles. The minimum atomic E-state index is -3.76. The van der Waals surface area contributed by atoms with Gasteiger partial charge in [0.2, 0.25) is 10.0 Å². The van der Waals surface area contributed by atoms with Gasteiger partial charge in [0.15, 0.2) is 0 Å². The van der Waals surface area contributed by atoms with E-state index in [1.807, 2.05) is 5.43 Å². The van der Waals surface area contributed by atoms with Crippen LogP contribution in [0, 0.1) is 0 Å². The summed E-state index contributed by atoms with van der Waals surface area (Å²) in [5.74, 6) is -1.50. The first-order chi connectivity index (χ1) is 15.6. The SMILES string of the molecule is O=C(N/N=C/c1ccc(CNS(=O)(=O)c2ccc(Cl)cc2)o1)C(=O)Nc1cc(Cl)cc(Cl)c1. The number of nitrogens with zero attached hydrogens (tertiary/aromatic N) is 1. The third kappa shape index (κ3) is 7.31. The summed E-state index contributed by atoms with van der Waals surface area (Å²) in [6, 6.07) is 13.1. The van der Waals surface area contributed by atoms with Crippen molar-refractivity contribution in [2.75, 3.05) is 5.32 Å². The van der Waals surface area contributed by atoms with Crippen molar-refractivity contribution in [2.45, 2.75) is 11.4 Å². The third-order valence-corrected chi connectivity index (χ3v) is 6.03. The smallest absolute Gasteiger partial charge is 0.329 e. The zero-order valence-corrected chi connectivity index (χ0v) is 19.6. The molecule has 2 amide bonds. The van der Waals surface area contributed by atoms with E-state index in [0.29, 0.717) is 20.8 Å². The highest BCUT2D eigenvalue weighted by Crippen LogP contribution is 2.22. The second-order valence-corrected chi connectivity index (χ2v) is 9.47. The predicted molar refractivity (Wildman–Crippen MR) is 125 cm³/mol. The fraction of sp³-hybridized carbons (Fsp3) is 0.0500. The molecular weight excluding hydrogens is 515 g/mol. The van der Waals surface area contributed by atoms with Crippen molar-refractivity contribution in [3.05, 3.63) is 81.2 Å². The zero-order valence-electron chi connectivity index (χ0n) is 16.5. The molecule has 0 spiro atoms. The fourth-order valence-corrected chi connectivity index (χ4v) is 4.09. The molecule has 3 aromatic rings. The van der Waals surface area contributed by atoms with Crippen LogP contribution in [0.25, 0.3) is 0 Å². The number of carbonyl (C=O) groups is 2. The van der Waals surface area contributed by atoms with Crippen LogP contribution in [0.15, 0.2) is 69.0 Å². The molecule has 13 heteroatoms. The van der Waals surface area contributed by atoms with Crippen LogP contribution in [0.5, 0.6) is 0 Å². The van der Waals surface area contributed by atoms with Gasteiger partial charge < -0.3 is 9.73 Å². The maximum atomic E-state index is 12.3. The number of hydrogen-bond donors (Lipinski definition) is 3. The molecular formula is C20H15Cl3N4O5S. The van der Waals surface area contributed by atoms with Gasteiger partial charge in [-0.15, -0.1) is 0 Å². The third-order valence-electron chi connectivity index (χ3n) is 3.93. The summed E-state index contributed by atoms with van der Waals surface area (Å²) in [6.07, 6.45) is 1.15. The number of hydrazone groups is 1.